The van der Waals surface area contributed by atoms with E-state index >= 15 is 0 Å². The summed E-state index contributed by atoms with van der Waals surface area (Å²) < 4.78 is 25.6. The van der Waals surface area contributed by atoms with Gasteiger partial charge in [0.15, 0.2) is 0 Å². The number of hydrogen-bond donors (Lipinski definition) is 2. The maximum absolute atomic E-state index is 12.8. The highest BCUT2D eigenvalue weighted by molar-refractivity contribution is 5.85. The second-order valence-electron chi connectivity index (χ2n) is 7.96. The summed E-state index contributed by atoms with van der Waals surface area (Å²) in [5.41, 5.74) is 9.44. The lowest BCUT2D eigenvalue weighted by Gasteiger charge is -2.50. The predicted octanol–water partition coefficient (Wildman–Crippen LogP) is 4.72. The number of piperidine rings is 1. The average molecular weight is 363 g/mol. The molecule has 0 unspecified atom stereocenters. The lowest BCUT2D eigenvalue weighted by Crippen LogP contribution is -2.49. The third-order valence-corrected chi connectivity index (χ3v) is 6.06. The van der Waals surface area contributed by atoms with E-state index < -0.39 is 6.43 Å². The average Bonchev–Trinajstić information content (AvgIpc) is 2.58. The van der Waals surface area contributed by atoms with Gasteiger partial charge in [-0.25, -0.2) is 13.8 Å². The van der Waals surface area contributed by atoms with Gasteiger partial charge in [0, 0.05) is 12.3 Å². The standard InChI is InChI=1S/C21H31F2N3/c1-2-16-11-15(12-19(22)23)5-3-4-6-18(16)26-20(24)17-13-21(14-17)7-9-25-10-8-21/h5-6,11,17,19,25H,2-4,7-10,12-14H2,1H3,(H2,24,26)/b15-5+,16-11-,18-6-. The second kappa shape index (κ2) is 8.47. The van der Waals surface area contributed by atoms with Crippen LogP contribution in [-0.2, 0) is 0 Å². The Labute approximate surface area is 155 Å². The minimum Gasteiger partial charge on any atom is -0.387 e. The molecule has 3 N–H and O–H groups in total. The highest BCUT2D eigenvalue weighted by Gasteiger charge is 2.45. The van der Waals surface area contributed by atoms with Crippen LogP contribution < -0.4 is 11.1 Å². The molecule has 0 aromatic carbocycles. The molecule has 26 heavy (non-hydrogen) atoms. The Hall–Kier alpha value is -1.49. The molecule has 5 heteroatoms. The van der Waals surface area contributed by atoms with Gasteiger partial charge < -0.3 is 11.1 Å². The van der Waals surface area contributed by atoms with Crippen molar-refractivity contribution in [3.63, 3.8) is 0 Å². The Morgan fingerprint density at radius 2 is 1.96 bits per heavy atom. The molecule has 0 atom stereocenters. The Morgan fingerprint density at radius 1 is 1.27 bits per heavy atom. The minimum atomic E-state index is -2.31. The summed E-state index contributed by atoms with van der Waals surface area (Å²) in [6.07, 6.45) is 10.5. The number of aliphatic imine (C=N–C) groups is 1. The van der Waals surface area contributed by atoms with E-state index in [1.807, 2.05) is 19.1 Å². The zero-order valence-electron chi connectivity index (χ0n) is 15.7. The lowest BCUT2D eigenvalue weighted by molar-refractivity contribution is 0.0541. The minimum absolute atomic E-state index is 0.185. The zero-order chi connectivity index (χ0) is 18.6. The molecule has 0 amide bonds. The van der Waals surface area contributed by atoms with Gasteiger partial charge in [0.05, 0.1) is 5.70 Å². The highest BCUT2D eigenvalue weighted by Crippen LogP contribution is 2.51. The van der Waals surface area contributed by atoms with Crippen LogP contribution >= 0.6 is 0 Å². The third kappa shape index (κ3) is 4.61. The van der Waals surface area contributed by atoms with E-state index in [9.17, 15) is 8.78 Å². The first-order valence-electron chi connectivity index (χ1n) is 9.94. The van der Waals surface area contributed by atoms with E-state index in [0.717, 1.165) is 62.3 Å². The molecule has 2 fully saturated rings. The molecule has 3 rings (SSSR count). The first-order chi connectivity index (χ1) is 12.5. The smallest absolute Gasteiger partial charge is 0.242 e. The molecule has 1 aliphatic heterocycles. The van der Waals surface area contributed by atoms with Gasteiger partial charge in [-0.05, 0) is 74.6 Å². The van der Waals surface area contributed by atoms with Gasteiger partial charge in [-0.3, -0.25) is 0 Å². The molecule has 1 saturated heterocycles. The number of allylic oxidation sites excluding steroid dienone is 5. The molecule has 0 aromatic rings. The molecule has 0 radical (unpaired) electrons. The second-order valence-corrected chi connectivity index (χ2v) is 7.96. The van der Waals surface area contributed by atoms with Gasteiger partial charge in [-0.2, -0.15) is 0 Å². The van der Waals surface area contributed by atoms with Gasteiger partial charge in [0.25, 0.3) is 0 Å². The van der Waals surface area contributed by atoms with E-state index in [1.165, 1.54) is 12.8 Å². The Balaban J connectivity index is 1.70. The number of rotatable bonds is 5. The molecule has 3 nitrogen and oxygen atoms in total. The Bertz CT molecular complexity index is 617. The van der Waals surface area contributed by atoms with Gasteiger partial charge in [-0.15, -0.1) is 0 Å². The molecule has 2 aliphatic carbocycles. The SMILES string of the molecule is CCC1=C/C(CC(F)F)=C\CC\C=C\1N=C(N)C1CC2(CCNCC2)C1. The molecular weight excluding hydrogens is 332 g/mol. The van der Waals surface area contributed by atoms with Gasteiger partial charge in [0.1, 0.15) is 5.84 Å². The summed E-state index contributed by atoms with van der Waals surface area (Å²) in [6.45, 7) is 4.26. The monoisotopic (exact) mass is 363 g/mol. The fourth-order valence-corrected chi connectivity index (χ4v) is 4.49. The largest absolute Gasteiger partial charge is 0.387 e. The van der Waals surface area contributed by atoms with Crippen LogP contribution in [0.4, 0.5) is 8.78 Å². The van der Waals surface area contributed by atoms with Crippen molar-refractivity contribution in [2.24, 2.45) is 22.1 Å². The summed E-state index contributed by atoms with van der Waals surface area (Å²) in [7, 11) is 0. The number of amidine groups is 1. The first kappa shape index (κ1) is 19.3. The van der Waals surface area contributed by atoms with Crippen molar-refractivity contribution in [3.05, 3.63) is 35.1 Å². The fourth-order valence-electron chi connectivity index (χ4n) is 4.49. The van der Waals surface area contributed by atoms with Crippen LogP contribution in [0.25, 0.3) is 0 Å². The van der Waals surface area contributed by atoms with E-state index in [2.05, 4.69) is 11.4 Å². The van der Waals surface area contributed by atoms with Crippen LogP contribution in [-0.4, -0.2) is 25.4 Å². The number of alkyl halides is 2. The molecule has 1 heterocycles. The van der Waals surface area contributed by atoms with Crippen molar-refractivity contribution in [2.45, 2.75) is 64.7 Å². The summed E-state index contributed by atoms with van der Waals surface area (Å²) in [5.74, 6) is 1.09. The zero-order valence-corrected chi connectivity index (χ0v) is 15.7. The first-order valence-corrected chi connectivity index (χ1v) is 9.94. The van der Waals surface area contributed by atoms with Gasteiger partial charge in [0.2, 0.25) is 6.43 Å². The number of nitrogens with one attached hydrogen (secondary N) is 1. The maximum Gasteiger partial charge on any atom is 0.242 e. The normalized spacial score (nSPS) is 30.5. The quantitative estimate of drug-likeness (QED) is 0.548. The Kier molecular flexibility index (Phi) is 6.28. The van der Waals surface area contributed by atoms with Crippen molar-refractivity contribution >= 4 is 5.84 Å². The topological polar surface area (TPSA) is 50.4 Å². The van der Waals surface area contributed by atoms with Gasteiger partial charge in [-0.1, -0.05) is 25.2 Å². The fraction of sp³-hybridized carbons (Fsp3) is 0.667. The van der Waals surface area contributed by atoms with Crippen molar-refractivity contribution in [1.82, 2.24) is 5.32 Å². The van der Waals surface area contributed by atoms with E-state index in [4.69, 9.17) is 10.7 Å². The summed E-state index contributed by atoms with van der Waals surface area (Å²) >= 11 is 0. The number of halogens is 2. The molecule has 144 valence electrons. The summed E-state index contributed by atoms with van der Waals surface area (Å²) in [4.78, 5) is 4.76. The van der Waals surface area contributed by atoms with Crippen molar-refractivity contribution in [2.75, 3.05) is 13.1 Å². The van der Waals surface area contributed by atoms with Crippen LogP contribution in [0.3, 0.4) is 0 Å². The van der Waals surface area contributed by atoms with Crippen LogP contribution in [0.1, 0.15) is 58.3 Å². The molecule has 3 aliphatic rings. The highest BCUT2D eigenvalue weighted by atomic mass is 19.3. The van der Waals surface area contributed by atoms with Crippen molar-refractivity contribution < 1.29 is 8.78 Å². The van der Waals surface area contributed by atoms with Crippen LogP contribution in [0.5, 0.6) is 0 Å². The molecule has 0 aromatic heterocycles. The molecule has 0 bridgehead atoms. The number of hydrogen-bond acceptors (Lipinski definition) is 2. The molecule has 1 saturated carbocycles. The summed E-state index contributed by atoms with van der Waals surface area (Å²) in [6, 6.07) is 0. The predicted molar refractivity (Wildman–Crippen MR) is 103 cm³/mol. The van der Waals surface area contributed by atoms with E-state index in [0.29, 0.717) is 16.9 Å². The maximum atomic E-state index is 12.8. The van der Waals surface area contributed by atoms with Crippen LogP contribution in [0, 0.1) is 11.3 Å². The number of nitrogens with zero attached hydrogens (tertiary/aromatic N) is 1. The van der Waals surface area contributed by atoms with Gasteiger partial charge >= 0.3 is 0 Å². The number of nitrogens with two attached hydrogens (primary N) is 1. The third-order valence-electron chi connectivity index (χ3n) is 6.06. The van der Waals surface area contributed by atoms with Crippen molar-refractivity contribution in [3.8, 4) is 0 Å². The van der Waals surface area contributed by atoms with Crippen LogP contribution in [0.15, 0.2) is 40.1 Å². The van der Waals surface area contributed by atoms with E-state index in [1.54, 1.807) is 0 Å². The summed E-state index contributed by atoms with van der Waals surface area (Å²) in [5, 5.41) is 3.42. The van der Waals surface area contributed by atoms with E-state index in [-0.39, 0.29) is 6.42 Å². The molecule has 1 spiro atoms. The van der Waals surface area contributed by atoms with Crippen LogP contribution in [0.2, 0.25) is 0 Å². The van der Waals surface area contributed by atoms with Crippen molar-refractivity contribution in [1.29, 1.82) is 0 Å². The molecular formula is C21H31F2N3. The lowest BCUT2D eigenvalue weighted by atomic mass is 9.57. The Morgan fingerprint density at radius 3 is 2.62 bits per heavy atom.